The molecule has 4 rings (SSSR count). The van der Waals surface area contributed by atoms with Crippen molar-refractivity contribution in [1.29, 1.82) is 0 Å². The van der Waals surface area contributed by atoms with Crippen LogP contribution < -0.4 is 11.1 Å². The summed E-state index contributed by atoms with van der Waals surface area (Å²) in [6.45, 7) is 2.10. The van der Waals surface area contributed by atoms with E-state index >= 15 is 0 Å². The monoisotopic (exact) mass is 428 g/mol. The van der Waals surface area contributed by atoms with Crippen molar-refractivity contribution in [2.24, 2.45) is 5.73 Å². The van der Waals surface area contributed by atoms with Gasteiger partial charge in [-0.15, -0.1) is 10.2 Å². The molecule has 0 unspecified atom stereocenters. The molecule has 162 valence electrons. The zero-order valence-electron chi connectivity index (χ0n) is 17.7. The first-order valence-corrected chi connectivity index (χ1v) is 10.3. The minimum absolute atomic E-state index is 0.344. The first-order valence-electron chi connectivity index (χ1n) is 10.3. The van der Waals surface area contributed by atoms with Crippen LogP contribution in [0.4, 0.5) is 0 Å². The second-order valence-electron chi connectivity index (χ2n) is 7.47. The summed E-state index contributed by atoms with van der Waals surface area (Å²) in [7, 11) is 0. The third-order valence-electron chi connectivity index (χ3n) is 5.35. The number of nitrogens with zero attached hydrogens (tertiary/aromatic N) is 2. The summed E-state index contributed by atoms with van der Waals surface area (Å²) < 4.78 is 5.98. The lowest BCUT2D eigenvalue weighted by Gasteiger charge is -2.12. The van der Waals surface area contributed by atoms with Crippen LogP contribution >= 0.6 is 0 Å². The summed E-state index contributed by atoms with van der Waals surface area (Å²) in [4.78, 5) is 11.2. The predicted molar refractivity (Wildman–Crippen MR) is 122 cm³/mol. The number of aliphatic hydroxyl groups excluding tert-OH is 1. The molecule has 0 aliphatic heterocycles. The van der Waals surface area contributed by atoms with Crippen LogP contribution in [-0.2, 0) is 11.3 Å². The summed E-state index contributed by atoms with van der Waals surface area (Å²) in [5.74, 6) is 0.303. The van der Waals surface area contributed by atoms with Gasteiger partial charge in [-0.25, -0.2) is 0 Å². The molecule has 0 bridgehead atoms. The molecule has 0 saturated heterocycles. The van der Waals surface area contributed by atoms with Crippen LogP contribution in [0.1, 0.15) is 11.1 Å². The van der Waals surface area contributed by atoms with E-state index in [9.17, 15) is 9.90 Å². The normalized spacial score (nSPS) is 11.9. The van der Waals surface area contributed by atoms with E-state index in [4.69, 9.17) is 10.2 Å². The first kappa shape index (κ1) is 21.4. The Labute approximate surface area is 185 Å². The second-order valence-corrected chi connectivity index (χ2v) is 7.47. The molecule has 3 aromatic carbocycles. The van der Waals surface area contributed by atoms with E-state index in [0.29, 0.717) is 18.3 Å². The van der Waals surface area contributed by atoms with Crippen LogP contribution in [0.3, 0.4) is 0 Å². The van der Waals surface area contributed by atoms with Gasteiger partial charge in [0, 0.05) is 17.7 Å². The average Bonchev–Trinajstić information content (AvgIpc) is 3.30. The predicted octanol–water partition coefficient (Wildman–Crippen LogP) is 3.31. The molecule has 4 aromatic rings. The number of nitrogens with two attached hydrogens (primary N) is 1. The van der Waals surface area contributed by atoms with Crippen molar-refractivity contribution in [2.45, 2.75) is 19.5 Å². The van der Waals surface area contributed by atoms with Gasteiger partial charge >= 0.3 is 0 Å². The molecular formula is C25H24N4O3. The maximum Gasteiger partial charge on any atom is 0.248 e. The van der Waals surface area contributed by atoms with Crippen LogP contribution in [0.5, 0.6) is 0 Å². The lowest BCUT2D eigenvalue weighted by molar-refractivity contribution is -0.120. The third-order valence-corrected chi connectivity index (χ3v) is 5.35. The minimum Gasteiger partial charge on any atom is -0.416 e. The second kappa shape index (κ2) is 9.55. The minimum atomic E-state index is -0.775. The summed E-state index contributed by atoms with van der Waals surface area (Å²) in [6.07, 6.45) is 0. The Morgan fingerprint density at radius 1 is 0.938 bits per heavy atom. The van der Waals surface area contributed by atoms with Crippen LogP contribution in [-0.4, -0.2) is 33.9 Å². The fourth-order valence-electron chi connectivity index (χ4n) is 3.51. The van der Waals surface area contributed by atoms with Crippen molar-refractivity contribution in [3.63, 3.8) is 0 Å². The third kappa shape index (κ3) is 4.59. The van der Waals surface area contributed by atoms with E-state index in [1.165, 1.54) is 0 Å². The van der Waals surface area contributed by atoms with Gasteiger partial charge in [-0.2, -0.15) is 0 Å². The summed E-state index contributed by atoms with van der Waals surface area (Å²) in [5, 5.41) is 20.6. The molecule has 0 aliphatic rings. The smallest absolute Gasteiger partial charge is 0.248 e. The Bertz CT molecular complexity index is 1200. The number of primary amides is 1. The molecule has 1 amide bonds. The molecule has 1 aromatic heterocycles. The van der Waals surface area contributed by atoms with Crippen LogP contribution in [0.15, 0.2) is 77.2 Å². The molecule has 4 N–H and O–H groups in total. The van der Waals surface area contributed by atoms with Crippen molar-refractivity contribution >= 4 is 5.91 Å². The zero-order chi connectivity index (χ0) is 22.5. The number of hydrogen-bond donors (Lipinski definition) is 3. The van der Waals surface area contributed by atoms with Gasteiger partial charge in [0.15, 0.2) is 0 Å². The molecule has 7 nitrogen and oxygen atoms in total. The van der Waals surface area contributed by atoms with E-state index in [-0.39, 0.29) is 6.61 Å². The Kier molecular flexibility index (Phi) is 6.39. The Morgan fingerprint density at radius 3 is 2.31 bits per heavy atom. The van der Waals surface area contributed by atoms with Gasteiger partial charge < -0.3 is 15.3 Å². The number of benzene rings is 3. The molecule has 1 atom stereocenters. The Hall–Kier alpha value is -3.81. The van der Waals surface area contributed by atoms with Gasteiger partial charge in [0.05, 0.1) is 6.61 Å². The van der Waals surface area contributed by atoms with Gasteiger partial charge in [-0.3, -0.25) is 10.1 Å². The SMILES string of the molecule is Cc1c(-c2ccccc2)cccc1-c1nnc(-c2ccc(CN[C@@H](CO)C(N)=O)cc2)o1. The quantitative estimate of drug-likeness (QED) is 0.397. The first-order chi connectivity index (χ1) is 15.6. The molecule has 0 fully saturated rings. The van der Waals surface area contributed by atoms with Crippen LogP contribution in [0.2, 0.25) is 0 Å². The number of amides is 1. The highest BCUT2D eigenvalue weighted by molar-refractivity contribution is 5.80. The largest absolute Gasteiger partial charge is 0.416 e. The maximum atomic E-state index is 11.2. The van der Waals surface area contributed by atoms with E-state index in [2.05, 4.69) is 40.6 Å². The van der Waals surface area contributed by atoms with Crippen molar-refractivity contribution in [3.8, 4) is 34.0 Å². The number of hydrogen-bond acceptors (Lipinski definition) is 6. The Balaban J connectivity index is 1.53. The van der Waals surface area contributed by atoms with Gasteiger partial charge in [0.2, 0.25) is 17.7 Å². The highest BCUT2D eigenvalue weighted by atomic mass is 16.4. The van der Waals surface area contributed by atoms with E-state index in [1.54, 1.807) is 0 Å². The topological polar surface area (TPSA) is 114 Å². The molecule has 0 spiro atoms. The van der Waals surface area contributed by atoms with Gasteiger partial charge in [0.25, 0.3) is 0 Å². The number of aromatic nitrogens is 2. The van der Waals surface area contributed by atoms with E-state index < -0.39 is 11.9 Å². The molecule has 0 radical (unpaired) electrons. The van der Waals surface area contributed by atoms with E-state index in [0.717, 1.165) is 33.4 Å². The summed E-state index contributed by atoms with van der Waals surface area (Å²) >= 11 is 0. The van der Waals surface area contributed by atoms with Crippen molar-refractivity contribution in [3.05, 3.63) is 83.9 Å². The number of carbonyl (C=O) groups is 1. The maximum absolute atomic E-state index is 11.2. The molecule has 1 heterocycles. The molecule has 0 aliphatic carbocycles. The van der Waals surface area contributed by atoms with Crippen molar-refractivity contribution in [2.75, 3.05) is 6.61 Å². The summed E-state index contributed by atoms with van der Waals surface area (Å²) in [6, 6.07) is 23.0. The highest BCUT2D eigenvalue weighted by Crippen LogP contribution is 2.32. The molecular weight excluding hydrogens is 404 g/mol. The fourth-order valence-corrected chi connectivity index (χ4v) is 3.51. The number of rotatable bonds is 8. The fraction of sp³-hybridized carbons (Fsp3) is 0.160. The average molecular weight is 428 g/mol. The van der Waals surface area contributed by atoms with Gasteiger partial charge in [-0.05, 0) is 47.4 Å². The van der Waals surface area contributed by atoms with Crippen molar-refractivity contribution in [1.82, 2.24) is 15.5 Å². The standard InChI is InChI=1S/C25H24N4O3/c1-16-20(18-6-3-2-4-7-18)8-5-9-21(16)25-29-28-24(32-25)19-12-10-17(11-13-19)14-27-22(15-30)23(26)31/h2-13,22,27,30H,14-15H2,1H3,(H2,26,31)/t22-/m0/s1. The Morgan fingerprint density at radius 2 is 1.62 bits per heavy atom. The number of carbonyl (C=O) groups excluding carboxylic acids is 1. The van der Waals surface area contributed by atoms with Gasteiger partial charge in [0.1, 0.15) is 6.04 Å². The molecule has 32 heavy (non-hydrogen) atoms. The lowest BCUT2D eigenvalue weighted by atomic mass is 9.96. The lowest BCUT2D eigenvalue weighted by Crippen LogP contribution is -2.43. The molecule has 7 heteroatoms. The van der Waals surface area contributed by atoms with Gasteiger partial charge in [-0.1, -0.05) is 54.6 Å². The molecule has 0 saturated carbocycles. The highest BCUT2D eigenvalue weighted by Gasteiger charge is 2.16. The van der Waals surface area contributed by atoms with Crippen LogP contribution in [0, 0.1) is 6.92 Å². The van der Waals surface area contributed by atoms with E-state index in [1.807, 2.05) is 54.6 Å². The zero-order valence-corrected chi connectivity index (χ0v) is 17.7. The number of aliphatic hydroxyl groups is 1. The van der Waals surface area contributed by atoms with Crippen LogP contribution in [0.25, 0.3) is 34.0 Å². The summed E-state index contributed by atoms with van der Waals surface area (Å²) in [5.41, 5.74) is 11.2. The number of nitrogens with one attached hydrogen (secondary N) is 1. The van der Waals surface area contributed by atoms with Crippen molar-refractivity contribution < 1.29 is 14.3 Å².